The summed E-state index contributed by atoms with van der Waals surface area (Å²) < 4.78 is 13.3. The van der Waals surface area contributed by atoms with Crippen molar-refractivity contribution in [1.29, 1.82) is 0 Å². The van der Waals surface area contributed by atoms with Gasteiger partial charge in [-0.1, -0.05) is 48.4 Å². The second-order valence-electron chi connectivity index (χ2n) is 5.42. The van der Waals surface area contributed by atoms with Gasteiger partial charge in [0.1, 0.15) is 5.82 Å². The van der Waals surface area contributed by atoms with Crippen molar-refractivity contribution >= 4 is 11.6 Å². The molecule has 21 heavy (non-hydrogen) atoms. The molecule has 0 saturated carbocycles. The predicted octanol–water partition coefficient (Wildman–Crippen LogP) is 4.99. The van der Waals surface area contributed by atoms with Crippen LogP contribution in [0.1, 0.15) is 35.2 Å². The Morgan fingerprint density at radius 1 is 1.14 bits per heavy atom. The van der Waals surface area contributed by atoms with Gasteiger partial charge in [-0.15, -0.1) is 0 Å². The summed E-state index contributed by atoms with van der Waals surface area (Å²) in [6, 6.07) is 11.6. The Morgan fingerprint density at radius 2 is 1.90 bits per heavy atom. The number of nitrogens with one attached hydrogen (secondary N) is 1. The number of likely N-dealkylation sites (N-methyl/N-ethyl adjacent to an activating group) is 1. The summed E-state index contributed by atoms with van der Waals surface area (Å²) in [5.74, 6) is -0.369. The number of hydrogen-bond acceptors (Lipinski definition) is 1. The van der Waals surface area contributed by atoms with Crippen LogP contribution < -0.4 is 5.32 Å². The largest absolute Gasteiger partial charge is 0.310 e. The van der Waals surface area contributed by atoms with E-state index >= 15 is 0 Å². The standard InChI is InChI=1S/C18H21ClFN/c1-4-21-18(15-7-5-12(2)9-13(15)3)11-14-6-8-17(20)16(19)10-14/h5-10,18,21H,4,11H2,1-3H3. The highest BCUT2D eigenvalue weighted by Crippen LogP contribution is 2.25. The van der Waals surface area contributed by atoms with Gasteiger partial charge in [-0.05, 0) is 55.6 Å². The molecule has 0 spiro atoms. The Balaban J connectivity index is 2.28. The van der Waals surface area contributed by atoms with Gasteiger partial charge in [-0.2, -0.15) is 0 Å². The van der Waals surface area contributed by atoms with Crippen LogP contribution in [0.5, 0.6) is 0 Å². The lowest BCUT2D eigenvalue weighted by atomic mass is 9.94. The molecular formula is C18H21ClFN. The molecule has 0 radical (unpaired) electrons. The fraction of sp³-hybridized carbons (Fsp3) is 0.333. The first-order valence-corrected chi connectivity index (χ1v) is 7.63. The third-order valence-electron chi connectivity index (χ3n) is 3.68. The maximum absolute atomic E-state index is 13.3. The zero-order valence-corrected chi connectivity index (χ0v) is 13.5. The highest BCUT2D eigenvalue weighted by atomic mass is 35.5. The van der Waals surface area contributed by atoms with Crippen LogP contribution in [-0.2, 0) is 6.42 Å². The Labute approximate surface area is 131 Å². The van der Waals surface area contributed by atoms with E-state index in [2.05, 4.69) is 44.3 Å². The summed E-state index contributed by atoms with van der Waals surface area (Å²) in [7, 11) is 0. The van der Waals surface area contributed by atoms with Gasteiger partial charge in [0.25, 0.3) is 0 Å². The Morgan fingerprint density at radius 3 is 2.52 bits per heavy atom. The molecule has 112 valence electrons. The van der Waals surface area contributed by atoms with Crippen LogP contribution in [0.3, 0.4) is 0 Å². The zero-order valence-electron chi connectivity index (χ0n) is 12.7. The summed E-state index contributed by atoms with van der Waals surface area (Å²) in [6.07, 6.45) is 0.789. The van der Waals surface area contributed by atoms with Crippen molar-refractivity contribution < 1.29 is 4.39 Å². The molecule has 0 aliphatic heterocycles. The lowest BCUT2D eigenvalue weighted by Crippen LogP contribution is -2.23. The van der Waals surface area contributed by atoms with E-state index in [4.69, 9.17) is 11.6 Å². The maximum atomic E-state index is 13.3. The third-order valence-corrected chi connectivity index (χ3v) is 3.96. The maximum Gasteiger partial charge on any atom is 0.141 e. The first-order valence-electron chi connectivity index (χ1n) is 7.25. The van der Waals surface area contributed by atoms with E-state index in [0.717, 1.165) is 18.5 Å². The molecule has 2 aromatic carbocycles. The fourth-order valence-electron chi connectivity index (χ4n) is 2.66. The molecule has 0 saturated heterocycles. The lowest BCUT2D eigenvalue weighted by Gasteiger charge is -2.21. The van der Waals surface area contributed by atoms with Gasteiger partial charge < -0.3 is 5.32 Å². The minimum absolute atomic E-state index is 0.184. The quantitative estimate of drug-likeness (QED) is 0.820. The van der Waals surface area contributed by atoms with Crippen LogP contribution in [0.4, 0.5) is 4.39 Å². The summed E-state index contributed by atoms with van der Waals surface area (Å²) in [4.78, 5) is 0. The van der Waals surface area contributed by atoms with Crippen LogP contribution >= 0.6 is 11.6 Å². The van der Waals surface area contributed by atoms with Crippen molar-refractivity contribution in [2.45, 2.75) is 33.2 Å². The fourth-order valence-corrected chi connectivity index (χ4v) is 2.86. The van der Waals surface area contributed by atoms with E-state index in [1.807, 2.05) is 0 Å². The van der Waals surface area contributed by atoms with Gasteiger partial charge in [0.05, 0.1) is 5.02 Å². The topological polar surface area (TPSA) is 12.0 Å². The predicted molar refractivity (Wildman–Crippen MR) is 87.4 cm³/mol. The Bertz CT molecular complexity index is 625. The van der Waals surface area contributed by atoms with Gasteiger partial charge in [0, 0.05) is 6.04 Å². The molecular weight excluding hydrogens is 285 g/mol. The minimum atomic E-state index is -0.369. The third kappa shape index (κ3) is 4.05. The second kappa shape index (κ2) is 7.06. The van der Waals surface area contributed by atoms with Crippen LogP contribution in [0.15, 0.2) is 36.4 Å². The van der Waals surface area contributed by atoms with Crippen molar-refractivity contribution in [2.75, 3.05) is 6.54 Å². The van der Waals surface area contributed by atoms with Gasteiger partial charge in [0.2, 0.25) is 0 Å². The number of benzene rings is 2. The van der Waals surface area contributed by atoms with E-state index in [0.29, 0.717) is 0 Å². The molecule has 1 nitrogen and oxygen atoms in total. The monoisotopic (exact) mass is 305 g/mol. The van der Waals surface area contributed by atoms with Crippen molar-refractivity contribution in [3.05, 3.63) is 69.5 Å². The average Bonchev–Trinajstić information content (AvgIpc) is 2.42. The number of halogens is 2. The first kappa shape index (κ1) is 16.0. The molecule has 1 unspecified atom stereocenters. The molecule has 1 atom stereocenters. The molecule has 3 heteroatoms. The first-order chi connectivity index (χ1) is 10.0. The molecule has 2 rings (SSSR count). The van der Waals surface area contributed by atoms with Crippen LogP contribution in [0.2, 0.25) is 5.02 Å². The lowest BCUT2D eigenvalue weighted by molar-refractivity contribution is 0.546. The molecule has 0 amide bonds. The summed E-state index contributed by atoms with van der Waals surface area (Å²) >= 11 is 5.88. The van der Waals surface area contributed by atoms with Gasteiger partial charge in [-0.3, -0.25) is 0 Å². The van der Waals surface area contributed by atoms with Crippen molar-refractivity contribution in [2.24, 2.45) is 0 Å². The van der Waals surface area contributed by atoms with Gasteiger partial charge >= 0.3 is 0 Å². The van der Waals surface area contributed by atoms with Gasteiger partial charge in [0.15, 0.2) is 0 Å². The number of hydrogen-bond donors (Lipinski definition) is 1. The zero-order chi connectivity index (χ0) is 15.4. The van der Waals surface area contributed by atoms with Crippen LogP contribution in [0.25, 0.3) is 0 Å². The number of rotatable bonds is 5. The minimum Gasteiger partial charge on any atom is -0.310 e. The summed E-state index contributed by atoms with van der Waals surface area (Å²) in [6.45, 7) is 7.20. The average molecular weight is 306 g/mol. The molecule has 0 aliphatic rings. The summed E-state index contributed by atoms with van der Waals surface area (Å²) in [5.41, 5.74) is 4.85. The number of aryl methyl sites for hydroxylation is 2. The second-order valence-corrected chi connectivity index (χ2v) is 5.83. The molecule has 0 bridgehead atoms. The highest BCUT2D eigenvalue weighted by molar-refractivity contribution is 6.30. The molecule has 0 aromatic heterocycles. The molecule has 1 N–H and O–H groups in total. The molecule has 0 heterocycles. The molecule has 0 aliphatic carbocycles. The highest BCUT2D eigenvalue weighted by Gasteiger charge is 2.14. The molecule has 0 fully saturated rings. The SMILES string of the molecule is CCNC(Cc1ccc(F)c(Cl)c1)c1ccc(C)cc1C. The van der Waals surface area contributed by atoms with Crippen molar-refractivity contribution in [3.63, 3.8) is 0 Å². The normalized spacial score (nSPS) is 12.4. The van der Waals surface area contributed by atoms with Crippen molar-refractivity contribution in [3.8, 4) is 0 Å². The van der Waals surface area contributed by atoms with Crippen molar-refractivity contribution in [1.82, 2.24) is 5.32 Å². The van der Waals surface area contributed by atoms with Crippen LogP contribution in [0, 0.1) is 19.7 Å². The van der Waals surface area contributed by atoms with Crippen LogP contribution in [-0.4, -0.2) is 6.54 Å². The van der Waals surface area contributed by atoms with Gasteiger partial charge in [-0.25, -0.2) is 4.39 Å². The van der Waals surface area contributed by atoms with E-state index in [1.165, 1.54) is 22.8 Å². The smallest absolute Gasteiger partial charge is 0.141 e. The molecule has 2 aromatic rings. The Hall–Kier alpha value is -1.38. The van der Waals surface area contributed by atoms with E-state index in [9.17, 15) is 4.39 Å². The van der Waals surface area contributed by atoms with E-state index in [-0.39, 0.29) is 16.9 Å². The Kier molecular flexibility index (Phi) is 5.38. The van der Waals surface area contributed by atoms with E-state index < -0.39 is 0 Å². The summed E-state index contributed by atoms with van der Waals surface area (Å²) in [5, 5.41) is 3.69. The van der Waals surface area contributed by atoms with E-state index in [1.54, 1.807) is 12.1 Å².